The van der Waals surface area contributed by atoms with Gasteiger partial charge in [0, 0.05) is 18.3 Å². The molecule has 0 saturated heterocycles. The van der Waals surface area contributed by atoms with Gasteiger partial charge >= 0.3 is 0 Å². The molecule has 2 heterocycles. The van der Waals surface area contributed by atoms with Crippen molar-refractivity contribution in [1.82, 2.24) is 0 Å². The minimum absolute atomic E-state index is 0.0357. The predicted molar refractivity (Wildman–Crippen MR) is 129 cm³/mol. The van der Waals surface area contributed by atoms with Crippen LogP contribution in [0.5, 0.6) is 0 Å². The van der Waals surface area contributed by atoms with Crippen LogP contribution >= 0.6 is 0 Å². The fourth-order valence-corrected chi connectivity index (χ4v) is 4.03. The lowest BCUT2D eigenvalue weighted by molar-refractivity contribution is -0.117. The Balaban J connectivity index is 1.81. The van der Waals surface area contributed by atoms with Gasteiger partial charge in [-0.1, -0.05) is 45.0 Å². The molecule has 0 saturated carbocycles. The maximum absolute atomic E-state index is 13.3. The van der Waals surface area contributed by atoms with Crippen molar-refractivity contribution in [2.45, 2.75) is 39.2 Å². The molecule has 1 unspecified atom stereocenters. The molecular formula is C27H26N2O5. The number of rotatable bonds is 5. The number of anilines is 2. The van der Waals surface area contributed by atoms with Crippen LogP contribution in [0.25, 0.3) is 0 Å². The monoisotopic (exact) mass is 458 g/mol. The zero-order chi connectivity index (χ0) is 24.6. The molecule has 2 amide bonds. The fourth-order valence-electron chi connectivity index (χ4n) is 4.03. The second-order valence-corrected chi connectivity index (χ2v) is 9.25. The molecule has 1 aromatic heterocycles. The summed E-state index contributed by atoms with van der Waals surface area (Å²) in [7, 11) is 0. The highest BCUT2D eigenvalue weighted by Gasteiger charge is 2.45. The van der Waals surface area contributed by atoms with E-state index in [9.17, 15) is 19.5 Å². The van der Waals surface area contributed by atoms with Crippen molar-refractivity contribution in [2.75, 3.05) is 10.2 Å². The molecule has 2 N–H and O–H groups in total. The van der Waals surface area contributed by atoms with Crippen LogP contribution in [0.2, 0.25) is 0 Å². The molecule has 2 aromatic carbocycles. The summed E-state index contributed by atoms with van der Waals surface area (Å²) in [4.78, 5) is 39.3. The molecule has 0 bridgehead atoms. The minimum Gasteiger partial charge on any atom is -0.503 e. The van der Waals surface area contributed by atoms with Crippen LogP contribution in [0.15, 0.2) is 82.7 Å². The number of carbonyl (C=O) groups excluding carboxylic acids is 3. The van der Waals surface area contributed by atoms with Crippen LogP contribution in [0.1, 0.15) is 55.4 Å². The Morgan fingerprint density at radius 3 is 2.18 bits per heavy atom. The largest absolute Gasteiger partial charge is 0.503 e. The van der Waals surface area contributed by atoms with Crippen LogP contribution in [0, 0.1) is 0 Å². The highest BCUT2D eigenvalue weighted by molar-refractivity contribution is 6.20. The number of ketones is 1. The number of furan rings is 1. The van der Waals surface area contributed by atoms with Gasteiger partial charge in [-0.2, -0.15) is 0 Å². The van der Waals surface area contributed by atoms with E-state index in [1.807, 2.05) is 24.3 Å². The summed E-state index contributed by atoms with van der Waals surface area (Å²) in [6.45, 7) is 7.70. The average molecular weight is 459 g/mol. The predicted octanol–water partition coefficient (Wildman–Crippen LogP) is 5.32. The van der Waals surface area contributed by atoms with Crippen molar-refractivity contribution in [2.24, 2.45) is 0 Å². The molecule has 1 atom stereocenters. The van der Waals surface area contributed by atoms with Gasteiger partial charge in [-0.3, -0.25) is 19.3 Å². The zero-order valence-electron chi connectivity index (χ0n) is 19.5. The number of nitrogens with zero attached hydrogens (tertiary/aromatic N) is 1. The van der Waals surface area contributed by atoms with Crippen LogP contribution in [0.4, 0.5) is 11.4 Å². The van der Waals surface area contributed by atoms with Crippen molar-refractivity contribution in [1.29, 1.82) is 0 Å². The third kappa shape index (κ3) is 4.24. The molecule has 3 aromatic rings. The molecule has 34 heavy (non-hydrogen) atoms. The van der Waals surface area contributed by atoms with E-state index in [0.29, 0.717) is 16.9 Å². The number of Topliss-reactive ketones (excluding diaryl/α,β-unsaturated/α-hetero) is 1. The van der Waals surface area contributed by atoms with Gasteiger partial charge in [0.2, 0.25) is 11.7 Å². The van der Waals surface area contributed by atoms with E-state index in [1.54, 1.807) is 30.3 Å². The first-order valence-corrected chi connectivity index (χ1v) is 10.9. The molecule has 7 nitrogen and oxygen atoms in total. The Bertz CT molecular complexity index is 1260. The molecule has 1 aliphatic heterocycles. The zero-order valence-corrected chi connectivity index (χ0v) is 19.5. The van der Waals surface area contributed by atoms with E-state index in [-0.39, 0.29) is 22.7 Å². The van der Waals surface area contributed by atoms with Crippen LogP contribution < -0.4 is 10.2 Å². The molecule has 0 spiro atoms. The van der Waals surface area contributed by atoms with Crippen molar-refractivity contribution in [3.63, 3.8) is 0 Å². The lowest BCUT2D eigenvalue weighted by Crippen LogP contribution is -2.31. The molecule has 0 aliphatic carbocycles. The normalized spacial score (nSPS) is 16.2. The number of hydrogen-bond donors (Lipinski definition) is 2. The van der Waals surface area contributed by atoms with Crippen molar-refractivity contribution >= 4 is 29.0 Å². The number of nitrogens with one attached hydrogen (secondary N) is 1. The summed E-state index contributed by atoms with van der Waals surface area (Å²) >= 11 is 0. The Hall–Kier alpha value is -4.13. The van der Waals surface area contributed by atoms with Gasteiger partial charge in [0.15, 0.2) is 11.5 Å². The number of carbonyl (C=O) groups is 3. The lowest BCUT2D eigenvalue weighted by Gasteiger charge is -2.28. The fraction of sp³-hybridized carbons (Fsp3) is 0.222. The number of hydrogen-bond acceptors (Lipinski definition) is 5. The summed E-state index contributed by atoms with van der Waals surface area (Å²) in [5.74, 6) is -2.04. The summed E-state index contributed by atoms with van der Waals surface area (Å²) < 4.78 is 5.27. The third-order valence-corrected chi connectivity index (χ3v) is 5.76. The maximum Gasteiger partial charge on any atom is 0.294 e. The summed E-state index contributed by atoms with van der Waals surface area (Å²) in [5.41, 5.74) is 2.68. The number of benzene rings is 2. The number of amides is 2. The molecule has 4 rings (SSSR count). The van der Waals surface area contributed by atoms with E-state index in [2.05, 4.69) is 26.1 Å². The van der Waals surface area contributed by atoms with E-state index >= 15 is 0 Å². The highest BCUT2D eigenvalue weighted by atomic mass is 16.3. The Kier molecular flexibility index (Phi) is 5.87. The van der Waals surface area contributed by atoms with Crippen LogP contribution in [-0.4, -0.2) is 22.7 Å². The van der Waals surface area contributed by atoms with Gasteiger partial charge in [-0.25, -0.2) is 0 Å². The van der Waals surface area contributed by atoms with Gasteiger partial charge in [0.05, 0.1) is 17.9 Å². The molecule has 174 valence electrons. The van der Waals surface area contributed by atoms with E-state index < -0.39 is 23.5 Å². The van der Waals surface area contributed by atoms with Crippen molar-refractivity contribution in [3.05, 3.63) is 95.1 Å². The lowest BCUT2D eigenvalue weighted by atomic mass is 9.85. The number of aliphatic hydroxyl groups excluding tert-OH is 1. The summed E-state index contributed by atoms with van der Waals surface area (Å²) in [6.07, 6.45) is 1.37. The minimum atomic E-state index is -0.856. The van der Waals surface area contributed by atoms with Gasteiger partial charge < -0.3 is 14.8 Å². The highest BCUT2D eigenvalue weighted by Crippen LogP contribution is 2.42. The Morgan fingerprint density at radius 2 is 1.65 bits per heavy atom. The van der Waals surface area contributed by atoms with E-state index in [1.165, 1.54) is 24.2 Å². The van der Waals surface area contributed by atoms with Gasteiger partial charge in [0.1, 0.15) is 0 Å². The van der Waals surface area contributed by atoms with Crippen LogP contribution in [-0.2, 0) is 15.0 Å². The first-order chi connectivity index (χ1) is 16.1. The SMILES string of the molecule is CC(=O)Nc1ccc(N2C(=O)C(O)=C(C(=O)c3ccco3)C2c2ccc(C(C)(C)C)cc2)cc1. The standard InChI is InChI=1S/C27H26N2O5/c1-16(30)28-19-11-13-20(14-12-19)29-23(17-7-9-18(10-8-17)27(2,3)4)22(25(32)26(29)33)24(31)21-6-5-15-34-21/h5-15,23,32H,1-4H3,(H,28,30). The Morgan fingerprint density at radius 1 is 1.00 bits per heavy atom. The van der Waals surface area contributed by atoms with Gasteiger partial charge in [-0.05, 0) is 52.9 Å². The summed E-state index contributed by atoms with van der Waals surface area (Å²) in [6, 6.07) is 16.5. The molecule has 0 fully saturated rings. The third-order valence-electron chi connectivity index (χ3n) is 5.76. The molecular weight excluding hydrogens is 432 g/mol. The van der Waals surface area contributed by atoms with Crippen molar-refractivity contribution in [3.8, 4) is 0 Å². The quantitative estimate of drug-likeness (QED) is 0.504. The number of aliphatic hydroxyl groups is 1. The maximum atomic E-state index is 13.3. The van der Waals surface area contributed by atoms with Crippen LogP contribution in [0.3, 0.4) is 0 Å². The first kappa shape index (κ1) is 23.0. The second-order valence-electron chi connectivity index (χ2n) is 9.25. The van der Waals surface area contributed by atoms with E-state index in [0.717, 1.165) is 5.56 Å². The van der Waals surface area contributed by atoms with E-state index in [4.69, 9.17) is 4.42 Å². The Labute approximate surface area is 197 Å². The molecule has 7 heteroatoms. The average Bonchev–Trinajstić information content (AvgIpc) is 3.41. The smallest absolute Gasteiger partial charge is 0.294 e. The van der Waals surface area contributed by atoms with Gasteiger partial charge in [0.25, 0.3) is 5.91 Å². The summed E-state index contributed by atoms with van der Waals surface area (Å²) in [5, 5.41) is 13.5. The molecule has 0 radical (unpaired) electrons. The first-order valence-electron chi connectivity index (χ1n) is 10.9. The second kappa shape index (κ2) is 8.67. The van der Waals surface area contributed by atoms with Gasteiger partial charge in [-0.15, -0.1) is 0 Å². The topological polar surface area (TPSA) is 99.9 Å². The molecule has 1 aliphatic rings. The van der Waals surface area contributed by atoms with Crippen molar-refractivity contribution < 1.29 is 23.9 Å².